The molecule has 1 amide bonds. The topological polar surface area (TPSA) is 53.4 Å². The number of amides is 1. The van der Waals surface area contributed by atoms with Crippen LogP contribution in [0.25, 0.3) is 0 Å². The average Bonchev–Trinajstić information content (AvgIpc) is 2.62. The number of aliphatic hydroxyl groups is 1. The summed E-state index contributed by atoms with van der Waals surface area (Å²) in [5.41, 5.74) is 1.25. The standard InChI is InChI=1S/C11H13ClN2O2/c1-7-4-8(5-10(12)13-7)11(16)14-3-2-9(15)6-14/h4-5,9,15H,2-3,6H2,1H3/t9-/m0/s1. The van der Waals surface area contributed by atoms with E-state index in [1.165, 1.54) is 0 Å². The largest absolute Gasteiger partial charge is 0.391 e. The van der Waals surface area contributed by atoms with E-state index in [2.05, 4.69) is 4.98 Å². The molecule has 0 saturated carbocycles. The lowest BCUT2D eigenvalue weighted by Gasteiger charge is -2.15. The van der Waals surface area contributed by atoms with Gasteiger partial charge in [-0.15, -0.1) is 0 Å². The van der Waals surface area contributed by atoms with Crippen molar-refractivity contribution in [2.24, 2.45) is 0 Å². The van der Waals surface area contributed by atoms with Crippen LogP contribution in [0.3, 0.4) is 0 Å². The number of hydrogen-bond donors (Lipinski definition) is 1. The molecule has 0 bridgehead atoms. The third kappa shape index (κ3) is 2.33. The maximum Gasteiger partial charge on any atom is 0.254 e. The number of nitrogens with zero attached hydrogens (tertiary/aromatic N) is 2. The Bertz CT molecular complexity index is 402. The van der Waals surface area contributed by atoms with E-state index in [0.717, 1.165) is 5.69 Å². The zero-order chi connectivity index (χ0) is 11.7. The summed E-state index contributed by atoms with van der Waals surface area (Å²) >= 11 is 5.80. The molecule has 2 heterocycles. The summed E-state index contributed by atoms with van der Waals surface area (Å²) < 4.78 is 0. The molecule has 0 aromatic carbocycles. The van der Waals surface area contributed by atoms with Crippen LogP contribution in [0, 0.1) is 6.92 Å². The van der Waals surface area contributed by atoms with Crippen LogP contribution in [0.2, 0.25) is 5.15 Å². The highest BCUT2D eigenvalue weighted by molar-refractivity contribution is 6.29. The van der Waals surface area contributed by atoms with Crippen LogP contribution in [-0.4, -0.2) is 40.1 Å². The molecule has 1 fully saturated rings. The number of β-amino-alcohol motifs (C(OH)–C–C–N with tert-alkyl or cyclic N) is 1. The van der Waals surface area contributed by atoms with E-state index >= 15 is 0 Å². The van der Waals surface area contributed by atoms with E-state index in [1.807, 2.05) is 0 Å². The Kier molecular flexibility index (Phi) is 3.12. The molecule has 5 heteroatoms. The van der Waals surface area contributed by atoms with Gasteiger partial charge in [-0.25, -0.2) is 4.98 Å². The molecule has 86 valence electrons. The van der Waals surface area contributed by atoms with Crippen molar-refractivity contribution < 1.29 is 9.90 Å². The van der Waals surface area contributed by atoms with Crippen LogP contribution in [0.1, 0.15) is 22.5 Å². The zero-order valence-corrected chi connectivity index (χ0v) is 9.74. The van der Waals surface area contributed by atoms with Crippen molar-refractivity contribution in [1.29, 1.82) is 0 Å². The lowest BCUT2D eigenvalue weighted by Crippen LogP contribution is -2.29. The lowest BCUT2D eigenvalue weighted by atomic mass is 10.2. The predicted molar refractivity (Wildman–Crippen MR) is 60.5 cm³/mol. The molecule has 2 rings (SSSR count). The molecule has 4 nitrogen and oxygen atoms in total. The maximum atomic E-state index is 12.0. The van der Waals surface area contributed by atoms with Crippen LogP contribution in [0.15, 0.2) is 12.1 Å². The summed E-state index contributed by atoms with van der Waals surface area (Å²) in [6, 6.07) is 3.26. The highest BCUT2D eigenvalue weighted by Crippen LogP contribution is 2.16. The second-order valence-electron chi connectivity index (χ2n) is 4.01. The van der Waals surface area contributed by atoms with Crippen molar-refractivity contribution in [3.8, 4) is 0 Å². The van der Waals surface area contributed by atoms with Crippen molar-refractivity contribution in [2.45, 2.75) is 19.4 Å². The van der Waals surface area contributed by atoms with Gasteiger partial charge in [0.15, 0.2) is 0 Å². The Hall–Kier alpha value is -1.13. The molecule has 1 aliphatic rings. The normalized spacial score (nSPS) is 20.2. The molecule has 1 aromatic heterocycles. The number of carbonyl (C=O) groups excluding carboxylic acids is 1. The molecule has 1 saturated heterocycles. The van der Waals surface area contributed by atoms with Crippen molar-refractivity contribution >= 4 is 17.5 Å². The maximum absolute atomic E-state index is 12.0. The van der Waals surface area contributed by atoms with Gasteiger partial charge in [0.05, 0.1) is 6.10 Å². The molecule has 1 aromatic rings. The first-order valence-corrected chi connectivity index (χ1v) is 5.55. The summed E-state index contributed by atoms with van der Waals surface area (Å²) in [6.07, 6.45) is 0.242. The number of aryl methyl sites for hydroxylation is 1. The van der Waals surface area contributed by atoms with Crippen molar-refractivity contribution in [3.05, 3.63) is 28.5 Å². The minimum Gasteiger partial charge on any atom is -0.391 e. The van der Waals surface area contributed by atoms with Crippen molar-refractivity contribution in [3.63, 3.8) is 0 Å². The van der Waals surface area contributed by atoms with E-state index in [9.17, 15) is 9.90 Å². The third-order valence-electron chi connectivity index (χ3n) is 2.62. The Morgan fingerprint density at radius 2 is 2.38 bits per heavy atom. The van der Waals surface area contributed by atoms with E-state index < -0.39 is 6.10 Å². The quantitative estimate of drug-likeness (QED) is 0.752. The number of aliphatic hydroxyl groups excluding tert-OH is 1. The second kappa shape index (κ2) is 4.39. The van der Waals surface area contributed by atoms with Gasteiger partial charge in [-0.3, -0.25) is 4.79 Å². The van der Waals surface area contributed by atoms with E-state index in [0.29, 0.717) is 30.2 Å². The summed E-state index contributed by atoms with van der Waals surface area (Å²) in [6.45, 7) is 2.79. The number of likely N-dealkylation sites (tertiary alicyclic amines) is 1. The van der Waals surface area contributed by atoms with Gasteiger partial charge in [-0.2, -0.15) is 0 Å². The van der Waals surface area contributed by atoms with Gasteiger partial charge >= 0.3 is 0 Å². The first kappa shape index (κ1) is 11.4. The monoisotopic (exact) mass is 240 g/mol. The number of aromatic nitrogens is 1. The average molecular weight is 241 g/mol. The van der Waals surface area contributed by atoms with Crippen LogP contribution >= 0.6 is 11.6 Å². The van der Waals surface area contributed by atoms with Crippen LogP contribution in [-0.2, 0) is 0 Å². The number of pyridine rings is 1. The van der Waals surface area contributed by atoms with Gasteiger partial charge in [0, 0.05) is 24.3 Å². The Morgan fingerprint density at radius 3 is 2.94 bits per heavy atom. The van der Waals surface area contributed by atoms with Crippen molar-refractivity contribution in [1.82, 2.24) is 9.88 Å². The molecular formula is C11H13ClN2O2. The van der Waals surface area contributed by atoms with Gasteiger partial charge in [-0.1, -0.05) is 11.6 Å². The van der Waals surface area contributed by atoms with Crippen LogP contribution in [0.4, 0.5) is 0 Å². The fourth-order valence-electron chi connectivity index (χ4n) is 1.86. The predicted octanol–water partition coefficient (Wildman–Crippen LogP) is 1.25. The Balaban J connectivity index is 2.20. The summed E-state index contributed by atoms with van der Waals surface area (Å²) in [5, 5.41) is 9.69. The minimum atomic E-state index is -0.401. The van der Waals surface area contributed by atoms with Crippen LogP contribution < -0.4 is 0 Å². The smallest absolute Gasteiger partial charge is 0.254 e. The van der Waals surface area contributed by atoms with Gasteiger partial charge in [-0.05, 0) is 25.5 Å². The number of carbonyl (C=O) groups is 1. The first-order chi connectivity index (χ1) is 7.56. The summed E-state index contributed by atoms with van der Waals surface area (Å²) in [4.78, 5) is 17.7. The Labute approximate surface area is 98.9 Å². The number of halogens is 1. The lowest BCUT2D eigenvalue weighted by molar-refractivity contribution is 0.0765. The molecule has 1 aliphatic heterocycles. The molecule has 0 radical (unpaired) electrons. The third-order valence-corrected chi connectivity index (χ3v) is 2.81. The SMILES string of the molecule is Cc1cc(C(=O)N2CC[C@H](O)C2)cc(Cl)n1. The van der Waals surface area contributed by atoms with E-state index in [1.54, 1.807) is 24.0 Å². The molecular weight excluding hydrogens is 228 g/mol. The van der Waals surface area contributed by atoms with E-state index in [-0.39, 0.29) is 5.91 Å². The summed E-state index contributed by atoms with van der Waals surface area (Å²) in [7, 11) is 0. The molecule has 1 atom stereocenters. The second-order valence-corrected chi connectivity index (χ2v) is 4.40. The Morgan fingerprint density at radius 1 is 1.62 bits per heavy atom. The van der Waals surface area contributed by atoms with E-state index in [4.69, 9.17) is 11.6 Å². The fraction of sp³-hybridized carbons (Fsp3) is 0.455. The molecule has 0 spiro atoms. The number of rotatable bonds is 1. The van der Waals surface area contributed by atoms with Crippen molar-refractivity contribution in [2.75, 3.05) is 13.1 Å². The molecule has 16 heavy (non-hydrogen) atoms. The highest BCUT2D eigenvalue weighted by Gasteiger charge is 2.25. The fourth-order valence-corrected chi connectivity index (χ4v) is 2.11. The molecule has 0 unspecified atom stereocenters. The van der Waals surface area contributed by atoms with Gasteiger partial charge in [0.2, 0.25) is 0 Å². The van der Waals surface area contributed by atoms with Gasteiger partial charge in [0.25, 0.3) is 5.91 Å². The first-order valence-electron chi connectivity index (χ1n) is 5.18. The molecule has 0 aliphatic carbocycles. The van der Waals surface area contributed by atoms with Crippen LogP contribution in [0.5, 0.6) is 0 Å². The highest BCUT2D eigenvalue weighted by atomic mass is 35.5. The number of hydrogen-bond acceptors (Lipinski definition) is 3. The minimum absolute atomic E-state index is 0.0936. The summed E-state index contributed by atoms with van der Waals surface area (Å²) in [5.74, 6) is -0.0936. The van der Waals surface area contributed by atoms with Gasteiger partial charge in [0.1, 0.15) is 5.15 Å². The zero-order valence-electron chi connectivity index (χ0n) is 8.98. The molecule has 1 N–H and O–H groups in total. The van der Waals surface area contributed by atoms with Gasteiger partial charge < -0.3 is 10.0 Å².